The molecule has 3 aliphatic heterocycles. The zero-order valence-corrected chi connectivity index (χ0v) is 38.6. The van der Waals surface area contributed by atoms with E-state index < -0.39 is 53.0 Å². The van der Waals surface area contributed by atoms with Crippen LogP contribution in [0, 0.1) is 22.7 Å². The summed E-state index contributed by atoms with van der Waals surface area (Å²) in [5.41, 5.74) is 0.708. The molecule has 5 heterocycles. The summed E-state index contributed by atoms with van der Waals surface area (Å²) < 4.78 is 40.7. The van der Waals surface area contributed by atoms with E-state index in [9.17, 15) is 42.3 Å². The van der Waals surface area contributed by atoms with Gasteiger partial charge in [0.15, 0.2) is 0 Å². The average molecular weight is 940 g/mol. The molecule has 1 unspecified atom stereocenters. The Kier molecular flexibility index (Phi) is 11.6. The molecule has 4 N–H and O–H groups in total. The molecular weight excluding hydrogens is 884 g/mol. The van der Waals surface area contributed by atoms with Crippen LogP contribution in [-0.2, 0) is 21.4 Å². The summed E-state index contributed by atoms with van der Waals surface area (Å²) >= 11 is 1.57. The summed E-state index contributed by atoms with van der Waals surface area (Å²) in [5.74, 6) is -1.20. The standard InChI is InChI=1S/C50H56F3N7O6S/c1-47(2,66)32-21-36-38(22-35(32)56-42(62)34-7-4-8-39(55-34)50(51,52)53)67-44(57-36)30-11-9-28(10-12-30)25-59-19-16-48(17-20-59)26-49(27-48)23-29(24-49)15-18-54-33-6-3-5-31-41(33)46(65)60(45(31)64)37-13-14-40(61)58-43(37)63/h3-8,21-22,28-30,37,54,66H,9-20,23-27H2,1-2H3,(H,56,62)(H,58,61,63). The van der Waals surface area contributed by atoms with Gasteiger partial charge in [0.25, 0.3) is 17.7 Å². The van der Waals surface area contributed by atoms with Crippen molar-refractivity contribution in [2.75, 3.05) is 36.8 Å². The molecule has 2 aromatic heterocycles. The Bertz CT molecular complexity index is 2650. The van der Waals surface area contributed by atoms with Gasteiger partial charge in [-0.15, -0.1) is 11.3 Å². The molecule has 13 nitrogen and oxygen atoms in total. The molecule has 17 heteroatoms. The summed E-state index contributed by atoms with van der Waals surface area (Å²) in [6.07, 6.45) is 8.50. The smallest absolute Gasteiger partial charge is 0.386 e. The minimum atomic E-state index is -4.69. The Balaban J connectivity index is 0.664. The van der Waals surface area contributed by atoms with Crippen molar-refractivity contribution in [3.8, 4) is 0 Å². The number of carbonyl (C=O) groups is 5. The largest absolute Gasteiger partial charge is 0.433 e. The lowest BCUT2D eigenvalue weighted by molar-refractivity contribution is -0.150. The number of alkyl halides is 3. The van der Waals surface area contributed by atoms with Crippen LogP contribution in [0.1, 0.15) is 151 Å². The van der Waals surface area contributed by atoms with E-state index in [0.717, 1.165) is 84.0 Å². The molecule has 1 atom stereocenters. The van der Waals surface area contributed by atoms with Gasteiger partial charge < -0.3 is 20.6 Å². The summed E-state index contributed by atoms with van der Waals surface area (Å²) in [7, 11) is 0. The normalized spacial score (nSPS) is 24.1. The number of hydrogen-bond acceptors (Lipinski definition) is 11. The van der Waals surface area contributed by atoms with Crippen LogP contribution in [0.5, 0.6) is 0 Å². The molecule has 5 amide bonds. The number of aromatic nitrogens is 2. The summed E-state index contributed by atoms with van der Waals surface area (Å²) in [6, 6.07) is 10.9. The molecule has 6 aliphatic rings. The molecule has 3 aliphatic carbocycles. The number of hydrogen-bond donors (Lipinski definition) is 4. The van der Waals surface area contributed by atoms with Crippen LogP contribution < -0.4 is 16.0 Å². The maximum absolute atomic E-state index is 13.5. The Morgan fingerprint density at radius 3 is 2.33 bits per heavy atom. The Labute approximate surface area is 390 Å². The first-order chi connectivity index (χ1) is 31.9. The van der Waals surface area contributed by atoms with E-state index >= 15 is 0 Å². The molecule has 2 aromatic carbocycles. The molecule has 67 heavy (non-hydrogen) atoms. The predicted octanol–water partition coefficient (Wildman–Crippen LogP) is 8.64. The molecule has 2 spiro atoms. The van der Waals surface area contributed by atoms with E-state index in [1.54, 1.807) is 49.4 Å². The highest BCUT2D eigenvalue weighted by atomic mass is 32.1. The first kappa shape index (κ1) is 45.5. The number of halogens is 3. The van der Waals surface area contributed by atoms with Gasteiger partial charge in [0.2, 0.25) is 11.8 Å². The maximum atomic E-state index is 13.5. The Morgan fingerprint density at radius 1 is 0.896 bits per heavy atom. The fraction of sp³-hybridized carbons (Fsp3) is 0.540. The molecule has 4 aromatic rings. The average Bonchev–Trinajstić information content (AvgIpc) is 3.79. The number of anilines is 2. The van der Waals surface area contributed by atoms with Crippen molar-refractivity contribution >= 4 is 62.5 Å². The van der Waals surface area contributed by atoms with Gasteiger partial charge in [-0.05, 0) is 163 Å². The maximum Gasteiger partial charge on any atom is 0.433 e. The van der Waals surface area contributed by atoms with Crippen molar-refractivity contribution in [2.45, 2.75) is 121 Å². The van der Waals surface area contributed by atoms with Gasteiger partial charge in [-0.25, -0.2) is 9.97 Å². The quantitative estimate of drug-likeness (QED) is 0.107. The van der Waals surface area contributed by atoms with E-state index in [-0.39, 0.29) is 24.1 Å². The number of nitrogens with zero attached hydrogens (tertiary/aromatic N) is 4. The third-order valence-corrected chi connectivity index (χ3v) is 16.8. The Morgan fingerprint density at radius 2 is 1.63 bits per heavy atom. The lowest BCUT2D eigenvalue weighted by Gasteiger charge is -2.66. The minimum Gasteiger partial charge on any atom is -0.386 e. The molecule has 0 bridgehead atoms. The fourth-order valence-electron chi connectivity index (χ4n) is 12.5. The van der Waals surface area contributed by atoms with Gasteiger partial charge in [0.05, 0.1) is 32.0 Å². The van der Waals surface area contributed by atoms with Crippen LogP contribution in [0.15, 0.2) is 48.5 Å². The van der Waals surface area contributed by atoms with E-state index in [4.69, 9.17) is 4.98 Å². The van der Waals surface area contributed by atoms with Crippen LogP contribution in [0.3, 0.4) is 0 Å². The zero-order valence-electron chi connectivity index (χ0n) is 37.8. The third kappa shape index (κ3) is 8.87. The van der Waals surface area contributed by atoms with E-state index in [0.29, 0.717) is 57.6 Å². The molecule has 2 saturated heterocycles. The molecule has 3 saturated carbocycles. The minimum absolute atomic E-state index is 0.0858. The van der Waals surface area contributed by atoms with Gasteiger partial charge >= 0.3 is 6.18 Å². The number of piperidine rings is 2. The van der Waals surface area contributed by atoms with Crippen molar-refractivity contribution in [3.05, 3.63) is 81.6 Å². The van der Waals surface area contributed by atoms with Gasteiger partial charge in [-0.2, -0.15) is 13.2 Å². The molecular formula is C50H56F3N7O6S. The molecule has 10 rings (SSSR count). The van der Waals surface area contributed by atoms with E-state index in [2.05, 4.69) is 25.8 Å². The second-order valence-electron chi connectivity index (χ2n) is 20.9. The van der Waals surface area contributed by atoms with Crippen LogP contribution in [0.2, 0.25) is 0 Å². The van der Waals surface area contributed by atoms with Crippen LogP contribution in [-0.4, -0.2) is 86.6 Å². The fourth-order valence-corrected chi connectivity index (χ4v) is 13.6. The van der Waals surface area contributed by atoms with E-state index in [1.165, 1.54) is 44.6 Å². The highest BCUT2D eigenvalue weighted by Crippen LogP contribution is 2.69. The number of likely N-dealkylation sites (tertiary alicyclic amines) is 1. The van der Waals surface area contributed by atoms with Gasteiger partial charge in [0.1, 0.15) is 17.4 Å². The summed E-state index contributed by atoms with van der Waals surface area (Å²) in [4.78, 5) is 76.2. The second-order valence-corrected chi connectivity index (χ2v) is 21.9. The highest BCUT2D eigenvalue weighted by Gasteiger charge is 2.59. The number of amides is 5. The monoisotopic (exact) mass is 939 g/mol. The number of nitrogens with one attached hydrogen (secondary N) is 3. The number of rotatable bonds is 11. The van der Waals surface area contributed by atoms with Crippen molar-refractivity contribution in [1.29, 1.82) is 0 Å². The van der Waals surface area contributed by atoms with Crippen molar-refractivity contribution in [3.63, 3.8) is 0 Å². The zero-order chi connectivity index (χ0) is 47.0. The first-order valence-electron chi connectivity index (χ1n) is 23.7. The highest BCUT2D eigenvalue weighted by molar-refractivity contribution is 7.18. The first-order valence-corrected chi connectivity index (χ1v) is 24.5. The van der Waals surface area contributed by atoms with Crippen LogP contribution in [0.25, 0.3) is 10.2 Å². The number of aliphatic hydroxyl groups is 1. The number of fused-ring (bicyclic) bond motifs is 2. The number of thiazole rings is 1. The van der Waals surface area contributed by atoms with E-state index in [1.807, 2.05) is 6.07 Å². The Hall–Kier alpha value is -5.26. The van der Waals surface area contributed by atoms with Crippen LogP contribution in [0.4, 0.5) is 24.5 Å². The lowest BCUT2D eigenvalue weighted by atomic mass is 9.40. The van der Waals surface area contributed by atoms with Crippen molar-refractivity contribution in [2.24, 2.45) is 22.7 Å². The lowest BCUT2D eigenvalue weighted by Crippen LogP contribution is -2.57. The topological polar surface area (TPSA) is 174 Å². The number of pyridine rings is 1. The van der Waals surface area contributed by atoms with Crippen molar-refractivity contribution < 1.29 is 42.3 Å². The van der Waals surface area contributed by atoms with Crippen molar-refractivity contribution in [1.82, 2.24) is 25.1 Å². The number of benzene rings is 2. The van der Waals surface area contributed by atoms with Crippen LogP contribution >= 0.6 is 11.3 Å². The van der Waals surface area contributed by atoms with Gasteiger partial charge in [-0.3, -0.25) is 34.2 Å². The summed E-state index contributed by atoms with van der Waals surface area (Å²) in [6.45, 7) is 7.31. The second kappa shape index (κ2) is 17.1. The third-order valence-electron chi connectivity index (χ3n) is 15.6. The number of imide groups is 2. The molecule has 0 radical (unpaired) electrons. The summed E-state index contributed by atoms with van der Waals surface area (Å²) in [5, 5.41) is 20.4. The molecule has 354 valence electrons. The number of carbonyl (C=O) groups excluding carboxylic acids is 5. The SMILES string of the molecule is CC(C)(O)c1cc2nc(C3CCC(CN4CCC5(CC4)CC4(CC(CCNc6cccc7c6C(=O)N(C6CCC(=O)NC6=O)C7=O)C4)C5)CC3)sc2cc1NC(=O)c1cccc(C(F)(F)F)n1. The molecule has 5 fully saturated rings. The van der Waals surface area contributed by atoms with Gasteiger partial charge in [0, 0.05) is 42.4 Å². The predicted molar refractivity (Wildman–Crippen MR) is 245 cm³/mol. The van der Waals surface area contributed by atoms with Gasteiger partial charge in [-0.1, -0.05) is 12.1 Å².